The smallest absolute Gasteiger partial charge is 0.241 e. The van der Waals surface area contributed by atoms with E-state index < -0.39 is 6.04 Å². The highest BCUT2D eigenvalue weighted by Crippen LogP contribution is 2.23. The van der Waals surface area contributed by atoms with Crippen LogP contribution >= 0.6 is 0 Å². The average Bonchev–Trinajstić information content (AvgIpc) is 2.94. The Labute approximate surface area is 142 Å². The Kier molecular flexibility index (Phi) is 4.40. The Morgan fingerprint density at radius 2 is 1.83 bits per heavy atom. The van der Waals surface area contributed by atoms with Crippen LogP contribution in [0.2, 0.25) is 0 Å². The van der Waals surface area contributed by atoms with E-state index in [0.29, 0.717) is 6.42 Å². The van der Waals surface area contributed by atoms with Crippen molar-refractivity contribution in [3.63, 3.8) is 0 Å². The van der Waals surface area contributed by atoms with E-state index in [0.717, 1.165) is 33.3 Å². The van der Waals surface area contributed by atoms with Crippen molar-refractivity contribution < 1.29 is 4.79 Å². The molecule has 0 spiro atoms. The minimum Gasteiger partial charge on any atom is -0.361 e. The number of aryl methyl sites for hydroxylation is 3. The maximum absolute atomic E-state index is 12.5. The first kappa shape index (κ1) is 16.3. The number of nitrogens with one attached hydrogen (secondary N) is 2. The topological polar surface area (TPSA) is 70.9 Å². The minimum atomic E-state index is -0.593. The van der Waals surface area contributed by atoms with E-state index in [-0.39, 0.29) is 5.91 Å². The standard InChI is InChI=1S/C20H23N3O/c1-12-8-13(2)19(14(3)9-12)23-20(24)17(21)10-15-11-22-18-7-5-4-6-16(15)18/h4-9,11,17,22H,10,21H2,1-3H3,(H,23,24)/t17-/m0/s1. The number of anilines is 1. The molecule has 0 aliphatic rings. The van der Waals surface area contributed by atoms with Gasteiger partial charge in [0.05, 0.1) is 6.04 Å². The zero-order valence-electron chi connectivity index (χ0n) is 14.3. The van der Waals surface area contributed by atoms with Crippen molar-refractivity contribution in [3.8, 4) is 0 Å². The van der Waals surface area contributed by atoms with Gasteiger partial charge in [-0.3, -0.25) is 4.79 Å². The van der Waals surface area contributed by atoms with Crippen molar-refractivity contribution in [3.05, 3.63) is 64.8 Å². The molecule has 0 bridgehead atoms. The summed E-state index contributed by atoms with van der Waals surface area (Å²) < 4.78 is 0. The van der Waals surface area contributed by atoms with E-state index in [4.69, 9.17) is 5.73 Å². The fraction of sp³-hybridized carbons (Fsp3) is 0.250. The van der Waals surface area contributed by atoms with Crippen LogP contribution in [0.5, 0.6) is 0 Å². The summed E-state index contributed by atoms with van der Waals surface area (Å²) in [5.41, 5.74) is 12.4. The van der Waals surface area contributed by atoms with Gasteiger partial charge in [0.2, 0.25) is 5.91 Å². The number of amides is 1. The van der Waals surface area contributed by atoms with Gasteiger partial charge in [0, 0.05) is 22.8 Å². The van der Waals surface area contributed by atoms with Gasteiger partial charge in [-0.2, -0.15) is 0 Å². The van der Waals surface area contributed by atoms with Gasteiger partial charge in [0.1, 0.15) is 0 Å². The van der Waals surface area contributed by atoms with E-state index in [1.165, 1.54) is 5.56 Å². The largest absolute Gasteiger partial charge is 0.361 e. The van der Waals surface area contributed by atoms with Crippen molar-refractivity contribution in [2.45, 2.75) is 33.2 Å². The summed E-state index contributed by atoms with van der Waals surface area (Å²) in [6.07, 6.45) is 2.43. The van der Waals surface area contributed by atoms with Crippen LogP contribution in [0.1, 0.15) is 22.3 Å². The molecule has 4 N–H and O–H groups in total. The number of hydrogen-bond donors (Lipinski definition) is 3. The summed E-state index contributed by atoms with van der Waals surface area (Å²) in [5.74, 6) is -0.157. The molecule has 0 fully saturated rings. The zero-order valence-corrected chi connectivity index (χ0v) is 14.3. The summed E-state index contributed by atoms with van der Waals surface area (Å²) >= 11 is 0. The molecule has 1 amide bonds. The maximum atomic E-state index is 12.5. The van der Waals surface area contributed by atoms with Crippen LogP contribution in [-0.4, -0.2) is 16.9 Å². The van der Waals surface area contributed by atoms with Crippen LogP contribution < -0.4 is 11.1 Å². The second-order valence-electron chi connectivity index (χ2n) is 6.43. The highest BCUT2D eigenvalue weighted by Gasteiger charge is 2.18. The second kappa shape index (κ2) is 6.49. The molecule has 124 valence electrons. The third-order valence-corrected chi connectivity index (χ3v) is 4.38. The highest BCUT2D eigenvalue weighted by molar-refractivity contribution is 5.96. The van der Waals surface area contributed by atoms with Crippen molar-refractivity contribution in [2.24, 2.45) is 5.73 Å². The Hall–Kier alpha value is -2.59. The van der Waals surface area contributed by atoms with Crippen LogP contribution in [-0.2, 0) is 11.2 Å². The molecule has 0 unspecified atom stereocenters. The van der Waals surface area contributed by atoms with Crippen LogP contribution in [0.3, 0.4) is 0 Å². The molecule has 24 heavy (non-hydrogen) atoms. The molecule has 4 heteroatoms. The molecule has 0 aliphatic carbocycles. The number of rotatable bonds is 4. The Morgan fingerprint density at radius 3 is 2.54 bits per heavy atom. The molecule has 0 saturated heterocycles. The van der Waals surface area contributed by atoms with Crippen LogP contribution in [0.25, 0.3) is 10.9 Å². The summed E-state index contributed by atoms with van der Waals surface area (Å²) in [4.78, 5) is 15.7. The Bertz CT molecular complexity index is 872. The Morgan fingerprint density at radius 1 is 1.17 bits per heavy atom. The number of nitrogens with two attached hydrogens (primary N) is 1. The third-order valence-electron chi connectivity index (χ3n) is 4.38. The van der Waals surface area contributed by atoms with Gasteiger partial charge in [-0.05, 0) is 49.9 Å². The fourth-order valence-corrected chi connectivity index (χ4v) is 3.22. The van der Waals surface area contributed by atoms with Gasteiger partial charge in [-0.15, -0.1) is 0 Å². The molecule has 3 aromatic rings. The molecule has 0 aliphatic heterocycles. The molecule has 1 aromatic heterocycles. The number of H-pyrrole nitrogens is 1. The van der Waals surface area contributed by atoms with Crippen LogP contribution in [0.15, 0.2) is 42.6 Å². The van der Waals surface area contributed by atoms with Gasteiger partial charge in [0.25, 0.3) is 0 Å². The summed E-state index contributed by atoms with van der Waals surface area (Å²) in [6.45, 7) is 6.05. The number of para-hydroxylation sites is 1. The molecular formula is C20H23N3O. The lowest BCUT2D eigenvalue weighted by molar-refractivity contribution is -0.117. The van der Waals surface area contributed by atoms with E-state index in [9.17, 15) is 4.79 Å². The number of aromatic nitrogens is 1. The average molecular weight is 321 g/mol. The van der Waals surface area contributed by atoms with E-state index in [1.807, 2.05) is 51.2 Å². The van der Waals surface area contributed by atoms with E-state index in [2.05, 4.69) is 22.4 Å². The highest BCUT2D eigenvalue weighted by atomic mass is 16.2. The first-order valence-electron chi connectivity index (χ1n) is 8.15. The van der Waals surface area contributed by atoms with Gasteiger partial charge >= 0.3 is 0 Å². The van der Waals surface area contributed by atoms with Crippen molar-refractivity contribution in [1.29, 1.82) is 0 Å². The zero-order chi connectivity index (χ0) is 17.3. The van der Waals surface area contributed by atoms with E-state index in [1.54, 1.807) is 0 Å². The summed E-state index contributed by atoms with van der Waals surface area (Å²) in [5, 5.41) is 4.11. The molecule has 0 radical (unpaired) electrons. The number of benzene rings is 2. The maximum Gasteiger partial charge on any atom is 0.241 e. The molecule has 3 rings (SSSR count). The van der Waals surface area contributed by atoms with Gasteiger partial charge in [0.15, 0.2) is 0 Å². The molecule has 0 saturated carbocycles. The molecule has 1 heterocycles. The van der Waals surface area contributed by atoms with Gasteiger partial charge < -0.3 is 16.0 Å². The Balaban J connectivity index is 1.76. The van der Waals surface area contributed by atoms with Crippen molar-refractivity contribution >= 4 is 22.5 Å². The predicted molar refractivity (Wildman–Crippen MR) is 99.3 cm³/mol. The van der Waals surface area contributed by atoms with Gasteiger partial charge in [-0.1, -0.05) is 35.9 Å². The molecule has 1 atom stereocenters. The van der Waals surface area contributed by atoms with Gasteiger partial charge in [-0.25, -0.2) is 0 Å². The number of hydrogen-bond acceptors (Lipinski definition) is 2. The first-order valence-corrected chi connectivity index (χ1v) is 8.15. The van der Waals surface area contributed by atoms with Crippen molar-refractivity contribution in [1.82, 2.24) is 4.98 Å². The quantitative estimate of drug-likeness (QED) is 0.687. The molecule has 2 aromatic carbocycles. The van der Waals surface area contributed by atoms with E-state index >= 15 is 0 Å². The van der Waals surface area contributed by atoms with Crippen LogP contribution in [0, 0.1) is 20.8 Å². The fourth-order valence-electron chi connectivity index (χ4n) is 3.22. The number of carbonyl (C=O) groups excluding carboxylic acids is 1. The molecular weight excluding hydrogens is 298 g/mol. The third kappa shape index (κ3) is 3.19. The second-order valence-corrected chi connectivity index (χ2v) is 6.43. The van der Waals surface area contributed by atoms with Crippen molar-refractivity contribution in [2.75, 3.05) is 5.32 Å². The lowest BCUT2D eigenvalue weighted by atomic mass is 10.0. The number of aromatic amines is 1. The van der Waals surface area contributed by atoms with Crippen LogP contribution in [0.4, 0.5) is 5.69 Å². The first-order chi connectivity index (χ1) is 11.5. The lowest BCUT2D eigenvalue weighted by Gasteiger charge is -2.16. The molecule has 4 nitrogen and oxygen atoms in total. The minimum absolute atomic E-state index is 0.157. The monoisotopic (exact) mass is 321 g/mol. The number of fused-ring (bicyclic) bond motifs is 1. The lowest BCUT2D eigenvalue weighted by Crippen LogP contribution is -2.37. The summed E-state index contributed by atoms with van der Waals surface area (Å²) in [6, 6.07) is 11.6. The predicted octanol–water partition coefficient (Wildman–Crippen LogP) is 3.60. The number of carbonyl (C=O) groups is 1. The normalized spacial score (nSPS) is 12.3. The summed E-state index contributed by atoms with van der Waals surface area (Å²) in [7, 11) is 0. The SMILES string of the molecule is Cc1cc(C)c(NC(=O)[C@@H](N)Cc2c[nH]c3ccccc23)c(C)c1.